The number of likely N-dealkylation sites (tertiary alicyclic amines) is 1. The first-order valence-electron chi connectivity index (χ1n) is 21.9. The van der Waals surface area contributed by atoms with E-state index < -0.39 is 53.7 Å². The van der Waals surface area contributed by atoms with Crippen molar-refractivity contribution < 1.29 is 48.1 Å². The Morgan fingerprint density at radius 3 is 2.42 bits per heavy atom. The van der Waals surface area contributed by atoms with Gasteiger partial charge in [-0.15, -0.1) is 0 Å². The topological polar surface area (TPSA) is 280 Å². The van der Waals surface area contributed by atoms with Crippen LogP contribution < -0.4 is 37.7 Å². The van der Waals surface area contributed by atoms with Crippen LogP contribution >= 0.6 is 0 Å². The number of benzene rings is 2. The molecule has 5 heterocycles. The average molecular weight is 910 g/mol. The van der Waals surface area contributed by atoms with Gasteiger partial charge in [0.05, 0.1) is 41.1 Å². The first-order valence-corrected chi connectivity index (χ1v) is 21.9. The summed E-state index contributed by atoms with van der Waals surface area (Å²) in [6.45, 7) is 7.86. The van der Waals surface area contributed by atoms with E-state index in [9.17, 15) is 38.7 Å². The van der Waals surface area contributed by atoms with Crippen molar-refractivity contribution in [3.05, 3.63) is 86.7 Å². The molecule has 350 valence electrons. The van der Waals surface area contributed by atoms with Crippen molar-refractivity contribution in [1.82, 2.24) is 30.0 Å². The zero-order chi connectivity index (χ0) is 47.6. The Balaban J connectivity index is 0.916. The Kier molecular flexibility index (Phi) is 13.6. The number of cyclic esters (lactones) is 1. The average Bonchev–Trinajstić information content (AvgIpc) is 3.64. The maximum atomic E-state index is 13.7. The molecule has 0 bridgehead atoms. The van der Waals surface area contributed by atoms with E-state index in [1.165, 1.54) is 9.80 Å². The number of amides is 6. The zero-order valence-electron chi connectivity index (χ0n) is 37.5. The van der Waals surface area contributed by atoms with E-state index in [0.29, 0.717) is 41.0 Å². The molecular weight excluding hydrogens is 855 g/mol. The second-order valence-electron chi connectivity index (χ2n) is 17.1. The Hall–Kier alpha value is -7.06. The fraction of sp³-hybridized carbons (Fsp3) is 0.435. The summed E-state index contributed by atoms with van der Waals surface area (Å²) in [4.78, 5) is 97.2. The number of hydrogen-bond acceptors (Lipinski definition) is 13. The van der Waals surface area contributed by atoms with Crippen molar-refractivity contribution in [2.45, 2.75) is 96.9 Å². The van der Waals surface area contributed by atoms with Crippen LogP contribution in [0, 0.1) is 5.92 Å². The lowest BCUT2D eigenvalue weighted by Gasteiger charge is -2.42. The number of carbonyl (C=O) groups is 6. The molecule has 8 N–H and O–H groups in total. The Morgan fingerprint density at radius 2 is 1.76 bits per heavy atom. The molecule has 3 atom stereocenters. The highest BCUT2D eigenvalue weighted by atomic mass is 16.6. The first kappa shape index (κ1) is 46.9. The molecule has 2 aromatic heterocycles. The van der Waals surface area contributed by atoms with Crippen LogP contribution in [0.1, 0.15) is 74.8 Å². The van der Waals surface area contributed by atoms with E-state index >= 15 is 0 Å². The van der Waals surface area contributed by atoms with Gasteiger partial charge in [0.15, 0.2) is 5.60 Å². The van der Waals surface area contributed by atoms with E-state index in [4.69, 9.17) is 30.7 Å². The highest BCUT2D eigenvalue weighted by Crippen LogP contribution is 2.41. The predicted octanol–water partition coefficient (Wildman–Crippen LogP) is 2.95. The van der Waals surface area contributed by atoms with Crippen LogP contribution in [-0.4, -0.2) is 105 Å². The number of hydrogen-bond donors (Lipinski definition) is 6. The zero-order valence-corrected chi connectivity index (χ0v) is 37.5. The summed E-state index contributed by atoms with van der Waals surface area (Å²) in [5.41, 5.74) is 13.8. The van der Waals surface area contributed by atoms with Crippen LogP contribution in [0.2, 0.25) is 0 Å². The first-order chi connectivity index (χ1) is 31.4. The van der Waals surface area contributed by atoms with Crippen molar-refractivity contribution in [1.29, 1.82) is 0 Å². The highest BCUT2D eigenvalue weighted by Gasteiger charge is 2.45. The number of nitrogens with two attached hydrogens (primary N) is 2. The molecule has 1 saturated heterocycles. The van der Waals surface area contributed by atoms with Gasteiger partial charge in [0.2, 0.25) is 11.8 Å². The number of rotatable bonds is 15. The summed E-state index contributed by atoms with van der Waals surface area (Å²) in [6.07, 6.45) is 0.0203. The van der Waals surface area contributed by atoms with E-state index in [1.54, 1.807) is 80.9 Å². The summed E-state index contributed by atoms with van der Waals surface area (Å²) in [6, 6.07) is 10.7. The maximum Gasteiger partial charge on any atom is 0.415 e. The minimum atomic E-state index is -1.93. The molecule has 0 spiro atoms. The third kappa shape index (κ3) is 9.36. The molecule has 4 aromatic rings. The number of nitrogens with zero attached hydrogens (tertiary/aromatic N) is 4. The van der Waals surface area contributed by atoms with Gasteiger partial charge in [-0.3, -0.25) is 14.4 Å². The molecular formula is C46H55N9O11. The minimum Gasteiger partial charge on any atom is -0.458 e. The van der Waals surface area contributed by atoms with Crippen LogP contribution in [-0.2, 0) is 55.6 Å². The van der Waals surface area contributed by atoms with Gasteiger partial charge in [0, 0.05) is 48.9 Å². The van der Waals surface area contributed by atoms with Gasteiger partial charge in [-0.1, -0.05) is 39.8 Å². The minimum absolute atomic E-state index is 0.0385. The number of likely N-dealkylation sites (N-methyl/N-ethyl adjacent to an activating group) is 1. The molecule has 1 fully saturated rings. The van der Waals surface area contributed by atoms with E-state index in [2.05, 4.69) is 16.0 Å². The number of pyridine rings is 2. The van der Waals surface area contributed by atoms with Crippen LogP contribution in [0.4, 0.5) is 20.1 Å². The van der Waals surface area contributed by atoms with Gasteiger partial charge in [0.1, 0.15) is 25.0 Å². The number of esters is 1. The van der Waals surface area contributed by atoms with Crippen LogP contribution in [0.15, 0.2) is 53.3 Å². The van der Waals surface area contributed by atoms with Crippen LogP contribution in [0.3, 0.4) is 0 Å². The maximum absolute atomic E-state index is 13.7. The Labute approximate surface area is 379 Å². The molecule has 0 unspecified atom stereocenters. The van der Waals surface area contributed by atoms with E-state index in [0.717, 1.165) is 16.5 Å². The number of anilines is 1. The number of fused-ring (bicyclic) bond motifs is 5. The molecule has 66 heavy (non-hydrogen) atoms. The standard InChI is InChI=1S/C46H55N9O11/c1-6-29-30-17-28(14-15-34(30)51-38-31(29)21-55-36(38)18-33-32(41(55)58)23-64-42(59)46(33,63)7-2)66-44(61)53(5)27-19-54(20-27)45(62)65-22-25-10-12-26(13-11-25)50-39(56)35(9-8-16-49-43(48)60)52-40(57)37(47)24(3)4/h10-15,17-18,24,27,35,37,63H,6-9,16,19-23,47H2,1-5H3,(H,50,56)(H,52,57)(H3,48,49,60)/t35-,37-,46-/m0/s1. The molecule has 7 rings (SSSR count). The Morgan fingerprint density at radius 1 is 1.03 bits per heavy atom. The summed E-state index contributed by atoms with van der Waals surface area (Å²) < 4.78 is 18.1. The molecule has 3 aliphatic rings. The van der Waals surface area contributed by atoms with E-state index in [-0.39, 0.29) is 86.6 Å². The number of urea groups is 1. The van der Waals surface area contributed by atoms with Gasteiger partial charge in [-0.2, -0.15) is 0 Å². The van der Waals surface area contributed by atoms with Crippen molar-refractivity contribution in [3.63, 3.8) is 0 Å². The third-order valence-electron chi connectivity index (χ3n) is 12.5. The number of aliphatic hydroxyl groups is 1. The smallest absolute Gasteiger partial charge is 0.415 e. The molecule has 6 amide bonds. The van der Waals surface area contributed by atoms with Gasteiger partial charge >= 0.3 is 24.2 Å². The third-order valence-corrected chi connectivity index (χ3v) is 12.5. The fourth-order valence-corrected chi connectivity index (χ4v) is 8.29. The van der Waals surface area contributed by atoms with Crippen LogP contribution in [0.5, 0.6) is 5.75 Å². The number of carbonyl (C=O) groups excluding carboxylic acids is 6. The molecule has 20 heteroatoms. The molecule has 20 nitrogen and oxygen atoms in total. The molecule has 0 aliphatic carbocycles. The molecule has 2 aromatic carbocycles. The number of ether oxygens (including phenoxy) is 3. The van der Waals surface area contributed by atoms with Crippen molar-refractivity contribution in [3.8, 4) is 17.1 Å². The summed E-state index contributed by atoms with van der Waals surface area (Å²) in [5.74, 6) is -1.60. The fourth-order valence-electron chi connectivity index (χ4n) is 8.29. The Bertz CT molecular complexity index is 2650. The van der Waals surface area contributed by atoms with Gasteiger partial charge in [-0.25, -0.2) is 24.2 Å². The number of nitrogens with one attached hydrogen (secondary N) is 3. The summed E-state index contributed by atoms with van der Waals surface area (Å²) >= 11 is 0. The highest BCUT2D eigenvalue weighted by molar-refractivity contribution is 5.98. The monoisotopic (exact) mass is 909 g/mol. The van der Waals surface area contributed by atoms with Gasteiger partial charge in [-0.05, 0) is 79.1 Å². The molecule has 0 saturated carbocycles. The largest absolute Gasteiger partial charge is 0.458 e. The van der Waals surface area contributed by atoms with Gasteiger partial charge < -0.3 is 61.1 Å². The van der Waals surface area contributed by atoms with Crippen LogP contribution in [0.25, 0.3) is 22.3 Å². The quantitative estimate of drug-likeness (QED) is 0.0652. The normalized spacial score (nSPS) is 17.1. The van der Waals surface area contributed by atoms with Gasteiger partial charge in [0.25, 0.3) is 5.56 Å². The SMILES string of the molecule is CCc1c2c(nc3ccc(OC(=O)N(C)C4CN(C(=O)OCc5ccc(NC(=O)[C@H](CCCNC(N)=O)NC(=O)[C@@H](N)C(C)C)cc5)C4)cc13)-c1cc3c(c(=O)n1C2)COC(=O)[C@]3(O)CC. The second-order valence-corrected chi connectivity index (χ2v) is 17.1. The van der Waals surface area contributed by atoms with Crippen molar-refractivity contribution in [2.75, 3.05) is 32.0 Å². The number of primary amides is 1. The molecule has 0 radical (unpaired) electrons. The number of aromatic nitrogens is 2. The summed E-state index contributed by atoms with van der Waals surface area (Å²) in [7, 11) is 1.59. The molecule has 3 aliphatic heterocycles. The lowest BCUT2D eigenvalue weighted by atomic mass is 9.86. The van der Waals surface area contributed by atoms with E-state index in [1.807, 2.05) is 6.92 Å². The lowest BCUT2D eigenvalue weighted by molar-refractivity contribution is -0.172. The van der Waals surface area contributed by atoms with Crippen molar-refractivity contribution >= 4 is 52.6 Å². The van der Waals surface area contributed by atoms with Crippen molar-refractivity contribution in [2.24, 2.45) is 17.4 Å². The lowest BCUT2D eigenvalue weighted by Crippen LogP contribution is -2.61. The number of aryl methyl sites for hydroxylation is 1. The predicted molar refractivity (Wildman–Crippen MR) is 240 cm³/mol. The summed E-state index contributed by atoms with van der Waals surface area (Å²) in [5, 5.41) is 19.9. The second kappa shape index (κ2) is 19.2.